The number of halogens is 2. The summed E-state index contributed by atoms with van der Waals surface area (Å²) in [5.74, 6) is -0.225. The second kappa shape index (κ2) is 7.11. The number of carbonyl (C=O) groups is 2. The Bertz CT molecular complexity index is 1120. The van der Waals surface area contributed by atoms with E-state index in [-0.39, 0.29) is 17.9 Å². The van der Waals surface area contributed by atoms with Crippen LogP contribution in [0, 0.1) is 16.7 Å². The highest BCUT2D eigenvalue weighted by atomic mass is 35.5. The smallest absolute Gasteiger partial charge is 0.419 e. The molecule has 4 rings (SSSR count). The van der Waals surface area contributed by atoms with E-state index in [1.807, 2.05) is 0 Å². The highest BCUT2D eigenvalue weighted by molar-refractivity contribution is 6.42. The number of benzene rings is 2. The summed E-state index contributed by atoms with van der Waals surface area (Å²) in [7, 11) is 0. The number of rotatable bonds is 4. The van der Waals surface area contributed by atoms with Crippen LogP contribution in [0.3, 0.4) is 0 Å². The van der Waals surface area contributed by atoms with Crippen LogP contribution in [-0.2, 0) is 4.79 Å². The lowest BCUT2D eigenvalue weighted by atomic mass is 10.0. The molecule has 2 aromatic rings. The van der Waals surface area contributed by atoms with Crippen LogP contribution in [0.4, 0.5) is 10.5 Å². The fraction of sp³-hybridized carbons (Fsp3) is 0.190. The van der Waals surface area contributed by atoms with Gasteiger partial charge in [0.1, 0.15) is 12.4 Å². The van der Waals surface area contributed by atoms with Gasteiger partial charge in [-0.3, -0.25) is 4.79 Å². The first kappa shape index (κ1) is 19.3. The fourth-order valence-electron chi connectivity index (χ4n) is 3.17. The second-order valence-corrected chi connectivity index (χ2v) is 7.88. The summed E-state index contributed by atoms with van der Waals surface area (Å²) in [4.78, 5) is 25.1. The summed E-state index contributed by atoms with van der Waals surface area (Å²) >= 11 is 12.1. The number of imide groups is 1. The zero-order chi connectivity index (χ0) is 20.8. The Morgan fingerprint density at radius 2 is 1.93 bits per heavy atom. The highest BCUT2D eigenvalue weighted by Gasteiger charge is 2.44. The molecule has 1 heterocycles. The number of carbonyl (C=O) groups excluding carboxylic acids is 1. The molecule has 6 nitrogen and oxygen atoms in total. The predicted molar refractivity (Wildman–Crippen MR) is 109 cm³/mol. The number of carboxylic acid groups (broad SMARTS) is 1. The first-order valence-corrected chi connectivity index (χ1v) is 9.52. The molecule has 1 aliphatic heterocycles. The molecular formula is C21H14Cl2N2O4. The molecule has 2 aliphatic rings. The molecular weight excluding hydrogens is 415 g/mol. The van der Waals surface area contributed by atoms with Crippen LogP contribution in [0.25, 0.3) is 11.6 Å². The van der Waals surface area contributed by atoms with Crippen molar-refractivity contribution in [3.05, 3.63) is 57.6 Å². The molecule has 2 aromatic carbocycles. The molecule has 8 heteroatoms. The van der Waals surface area contributed by atoms with Crippen molar-refractivity contribution in [2.75, 3.05) is 11.5 Å². The van der Waals surface area contributed by atoms with E-state index >= 15 is 0 Å². The number of nitrogens with zero attached hydrogens (tertiary/aromatic N) is 2. The van der Waals surface area contributed by atoms with Gasteiger partial charge in [-0.1, -0.05) is 29.3 Å². The molecule has 0 radical (unpaired) electrons. The topological polar surface area (TPSA) is 90.6 Å². The second-order valence-electron chi connectivity index (χ2n) is 7.01. The van der Waals surface area contributed by atoms with E-state index in [4.69, 9.17) is 27.9 Å². The van der Waals surface area contributed by atoms with Crippen LogP contribution in [0.15, 0.2) is 36.4 Å². The molecule has 0 unspecified atom stereocenters. The van der Waals surface area contributed by atoms with Crippen molar-refractivity contribution in [1.29, 1.82) is 5.26 Å². The van der Waals surface area contributed by atoms with E-state index in [2.05, 4.69) is 6.07 Å². The maximum atomic E-state index is 12.8. The van der Waals surface area contributed by atoms with Crippen LogP contribution >= 0.6 is 23.2 Å². The van der Waals surface area contributed by atoms with E-state index < -0.39 is 17.4 Å². The standard InChI is InChI=1S/C21H14Cl2N2O4/c22-13-2-4-18(29-11-21(10-24)5-6-21)12(7-13)8-16-15-3-1-14(23)9-17(15)25(19(16)26)20(27)28/h1-4,7-9H,5-6,11H2,(H,27,28)/b16-8-. The molecule has 0 aromatic heterocycles. The largest absolute Gasteiger partial charge is 0.491 e. The Labute approximate surface area is 176 Å². The molecule has 146 valence electrons. The lowest BCUT2D eigenvalue weighted by Crippen LogP contribution is -2.31. The summed E-state index contributed by atoms with van der Waals surface area (Å²) in [6, 6.07) is 11.8. The number of hydrogen-bond acceptors (Lipinski definition) is 4. The van der Waals surface area contributed by atoms with Crippen LogP contribution in [0.2, 0.25) is 10.0 Å². The van der Waals surface area contributed by atoms with Gasteiger partial charge >= 0.3 is 6.09 Å². The van der Waals surface area contributed by atoms with Crippen molar-refractivity contribution < 1.29 is 19.4 Å². The number of anilines is 1. The monoisotopic (exact) mass is 428 g/mol. The van der Waals surface area contributed by atoms with Gasteiger partial charge in [0.15, 0.2) is 0 Å². The molecule has 0 bridgehead atoms. The molecule has 29 heavy (non-hydrogen) atoms. The lowest BCUT2D eigenvalue weighted by molar-refractivity contribution is -0.112. The maximum absolute atomic E-state index is 12.8. The van der Waals surface area contributed by atoms with Gasteiger partial charge in [0.2, 0.25) is 0 Å². The average Bonchev–Trinajstić information content (AvgIpc) is 3.41. The van der Waals surface area contributed by atoms with E-state index in [0.29, 0.717) is 31.8 Å². The van der Waals surface area contributed by atoms with Gasteiger partial charge in [-0.2, -0.15) is 5.26 Å². The number of amides is 2. The first-order valence-electron chi connectivity index (χ1n) is 8.76. The quantitative estimate of drug-likeness (QED) is 0.672. The van der Waals surface area contributed by atoms with Crippen molar-refractivity contribution in [2.24, 2.45) is 5.41 Å². The minimum Gasteiger partial charge on any atom is -0.491 e. The number of hydrogen-bond donors (Lipinski definition) is 1. The van der Waals surface area contributed by atoms with E-state index in [0.717, 1.165) is 12.8 Å². The van der Waals surface area contributed by atoms with Gasteiger partial charge in [0.05, 0.1) is 22.7 Å². The molecule has 1 N–H and O–H groups in total. The van der Waals surface area contributed by atoms with Crippen molar-refractivity contribution >= 4 is 52.5 Å². The van der Waals surface area contributed by atoms with Gasteiger partial charge in [-0.25, -0.2) is 9.69 Å². The Hall–Kier alpha value is -3.01. The molecule has 2 amide bonds. The van der Waals surface area contributed by atoms with E-state index in [9.17, 15) is 20.0 Å². The van der Waals surface area contributed by atoms with E-state index in [1.54, 1.807) is 36.4 Å². The van der Waals surface area contributed by atoms with Crippen LogP contribution < -0.4 is 9.64 Å². The summed E-state index contributed by atoms with van der Waals surface area (Å²) in [6.45, 7) is 0.239. The van der Waals surface area contributed by atoms with Gasteiger partial charge < -0.3 is 9.84 Å². The predicted octanol–water partition coefficient (Wildman–Crippen LogP) is 5.24. The van der Waals surface area contributed by atoms with Crippen LogP contribution in [0.1, 0.15) is 24.0 Å². The third-order valence-electron chi connectivity index (χ3n) is 4.98. The van der Waals surface area contributed by atoms with Crippen LogP contribution in [0.5, 0.6) is 5.75 Å². The lowest BCUT2D eigenvalue weighted by Gasteiger charge is -2.12. The van der Waals surface area contributed by atoms with Gasteiger partial charge in [-0.15, -0.1) is 0 Å². The minimum absolute atomic E-state index is 0.188. The summed E-state index contributed by atoms with van der Waals surface area (Å²) in [5, 5.41) is 19.5. The fourth-order valence-corrected chi connectivity index (χ4v) is 3.51. The summed E-state index contributed by atoms with van der Waals surface area (Å²) < 4.78 is 5.85. The van der Waals surface area contributed by atoms with Crippen LogP contribution in [-0.4, -0.2) is 23.7 Å². The van der Waals surface area contributed by atoms with Crippen molar-refractivity contribution in [3.8, 4) is 11.8 Å². The average molecular weight is 429 g/mol. The Balaban J connectivity index is 1.76. The van der Waals surface area contributed by atoms with E-state index in [1.165, 1.54) is 6.07 Å². The first-order chi connectivity index (χ1) is 13.8. The number of nitriles is 1. The Morgan fingerprint density at radius 1 is 1.24 bits per heavy atom. The van der Waals surface area contributed by atoms with Gasteiger partial charge in [0.25, 0.3) is 5.91 Å². The Kier molecular flexibility index (Phi) is 4.73. The summed E-state index contributed by atoms with van der Waals surface area (Å²) in [5.41, 5.74) is 0.891. The van der Waals surface area contributed by atoms with Gasteiger partial charge in [-0.05, 0) is 49.2 Å². The molecule has 1 saturated carbocycles. The zero-order valence-corrected chi connectivity index (χ0v) is 16.5. The third kappa shape index (κ3) is 3.55. The van der Waals surface area contributed by atoms with Crippen molar-refractivity contribution in [1.82, 2.24) is 0 Å². The zero-order valence-electron chi connectivity index (χ0n) is 15.0. The normalized spacial score (nSPS) is 17.8. The Morgan fingerprint density at radius 3 is 2.59 bits per heavy atom. The molecule has 0 saturated heterocycles. The minimum atomic E-state index is -1.39. The maximum Gasteiger partial charge on any atom is 0.419 e. The third-order valence-corrected chi connectivity index (χ3v) is 5.45. The van der Waals surface area contributed by atoms with Gasteiger partial charge in [0, 0.05) is 21.2 Å². The SMILES string of the molecule is N#CC1(COc2ccc(Cl)cc2/C=C2\C(=O)N(C(=O)O)c3cc(Cl)ccc32)CC1. The number of ether oxygens (including phenoxy) is 1. The molecule has 0 spiro atoms. The molecule has 0 atom stereocenters. The highest BCUT2D eigenvalue weighted by Crippen LogP contribution is 2.46. The van der Waals surface area contributed by atoms with Crippen molar-refractivity contribution in [2.45, 2.75) is 12.8 Å². The van der Waals surface area contributed by atoms with Crippen molar-refractivity contribution in [3.63, 3.8) is 0 Å². The summed E-state index contributed by atoms with van der Waals surface area (Å²) in [6.07, 6.45) is 1.72. The number of fused-ring (bicyclic) bond motifs is 1. The molecule has 1 fully saturated rings. The molecule has 1 aliphatic carbocycles.